The Hall–Kier alpha value is -0.860. The zero-order chi connectivity index (χ0) is 11.4. The third-order valence-corrected chi connectivity index (χ3v) is 3.11. The first kappa shape index (κ1) is 11.6. The average molecular weight is 246 g/mol. The smallest absolute Gasteiger partial charge is 0.0770 e. The first-order chi connectivity index (χ1) is 7.66. The van der Waals surface area contributed by atoms with Gasteiger partial charge < -0.3 is 0 Å². The maximum absolute atomic E-state index is 4.41. The van der Waals surface area contributed by atoms with Crippen LogP contribution in [0.5, 0.6) is 0 Å². The van der Waals surface area contributed by atoms with E-state index in [1.54, 1.807) is 0 Å². The summed E-state index contributed by atoms with van der Waals surface area (Å²) in [5, 5.41) is 0. The predicted octanol–water partition coefficient (Wildman–Crippen LogP) is 4.14. The fourth-order valence-electron chi connectivity index (χ4n) is 1.51. The molecule has 16 heavy (non-hydrogen) atoms. The molecule has 0 heterocycles. The Morgan fingerprint density at radius 1 is 1.06 bits per heavy atom. The Morgan fingerprint density at radius 2 is 1.81 bits per heavy atom. The lowest BCUT2D eigenvalue weighted by Crippen LogP contribution is -2.09. The molecule has 0 saturated heterocycles. The summed E-state index contributed by atoms with van der Waals surface area (Å²) in [7, 11) is 0. The van der Waals surface area contributed by atoms with Crippen LogP contribution in [0, 0.1) is 0 Å². The van der Waals surface area contributed by atoms with E-state index in [0.717, 1.165) is 6.42 Å². The van der Waals surface area contributed by atoms with Crippen LogP contribution in [0.3, 0.4) is 0 Å². The van der Waals surface area contributed by atoms with Gasteiger partial charge in [0.05, 0.1) is 4.08 Å². The molecule has 0 saturated carbocycles. The van der Waals surface area contributed by atoms with Gasteiger partial charge in [-0.1, -0.05) is 60.7 Å². The van der Waals surface area contributed by atoms with Crippen LogP contribution in [0.25, 0.3) is 6.08 Å². The second-order valence-electron chi connectivity index (χ2n) is 3.86. The van der Waals surface area contributed by atoms with Gasteiger partial charge in [-0.05, 0) is 17.6 Å². The van der Waals surface area contributed by atoms with Crippen molar-refractivity contribution in [3.8, 4) is 0 Å². The van der Waals surface area contributed by atoms with E-state index in [0.29, 0.717) is 0 Å². The molecular formula is C14H14S2. The number of benzene rings is 1. The fraction of sp³-hybridized carbons (Fsp3) is 0.143. The van der Waals surface area contributed by atoms with Crippen molar-refractivity contribution in [3.63, 3.8) is 0 Å². The Kier molecular flexibility index (Phi) is 3.62. The molecule has 0 aliphatic heterocycles. The number of thiol groups is 2. The van der Waals surface area contributed by atoms with Crippen molar-refractivity contribution < 1.29 is 0 Å². The van der Waals surface area contributed by atoms with Gasteiger partial charge in [0.25, 0.3) is 0 Å². The Balaban J connectivity index is 2.05. The molecule has 0 radical (unpaired) electrons. The molecule has 1 aromatic rings. The molecule has 0 bridgehead atoms. The summed E-state index contributed by atoms with van der Waals surface area (Å²) in [5.41, 5.74) is 2.42. The number of hydrogen-bond donors (Lipinski definition) is 2. The van der Waals surface area contributed by atoms with Gasteiger partial charge in [-0.15, -0.1) is 0 Å². The van der Waals surface area contributed by atoms with E-state index >= 15 is 0 Å². The lowest BCUT2D eigenvalue weighted by molar-refractivity contribution is 0.996. The largest absolute Gasteiger partial charge is 0.157 e. The fourth-order valence-corrected chi connectivity index (χ4v) is 1.85. The zero-order valence-corrected chi connectivity index (χ0v) is 10.7. The summed E-state index contributed by atoms with van der Waals surface area (Å²) in [5.74, 6) is 0. The molecule has 82 valence electrons. The summed E-state index contributed by atoms with van der Waals surface area (Å²) in [6, 6.07) is 10.3. The first-order valence-corrected chi connectivity index (χ1v) is 6.12. The van der Waals surface area contributed by atoms with E-state index in [2.05, 4.69) is 61.7 Å². The summed E-state index contributed by atoms with van der Waals surface area (Å²) in [4.78, 5) is 0. The van der Waals surface area contributed by atoms with Gasteiger partial charge in [-0.25, -0.2) is 0 Å². The van der Waals surface area contributed by atoms with Gasteiger partial charge in [-0.2, -0.15) is 25.3 Å². The summed E-state index contributed by atoms with van der Waals surface area (Å²) in [6.45, 7) is 0. The molecule has 1 aromatic carbocycles. The molecule has 2 rings (SSSR count). The highest BCUT2D eigenvalue weighted by molar-refractivity contribution is 8.00. The maximum atomic E-state index is 4.41. The third kappa shape index (κ3) is 3.32. The van der Waals surface area contributed by atoms with Crippen molar-refractivity contribution in [2.45, 2.75) is 10.5 Å². The highest BCUT2D eigenvalue weighted by Crippen LogP contribution is 2.31. The SMILES string of the molecule is SC1(S)C=CC(C=Cc2ccccc2)=CC1. The molecule has 0 atom stereocenters. The van der Waals surface area contributed by atoms with Crippen LogP contribution in [0.2, 0.25) is 0 Å². The highest BCUT2D eigenvalue weighted by Gasteiger charge is 2.16. The zero-order valence-electron chi connectivity index (χ0n) is 8.88. The molecule has 2 heteroatoms. The van der Waals surface area contributed by atoms with Crippen molar-refractivity contribution in [2.24, 2.45) is 0 Å². The van der Waals surface area contributed by atoms with Gasteiger partial charge in [-0.3, -0.25) is 0 Å². The lowest BCUT2D eigenvalue weighted by Gasteiger charge is -2.19. The van der Waals surface area contributed by atoms with Crippen LogP contribution in [-0.4, -0.2) is 4.08 Å². The topological polar surface area (TPSA) is 0 Å². The Bertz CT molecular complexity index is 439. The number of hydrogen-bond acceptors (Lipinski definition) is 2. The highest BCUT2D eigenvalue weighted by atomic mass is 32.2. The van der Waals surface area contributed by atoms with E-state index < -0.39 is 0 Å². The van der Waals surface area contributed by atoms with Crippen LogP contribution in [-0.2, 0) is 0 Å². The summed E-state index contributed by atoms with van der Waals surface area (Å²) in [6.07, 6.45) is 11.3. The predicted molar refractivity (Wildman–Crippen MR) is 78.0 cm³/mol. The van der Waals surface area contributed by atoms with Gasteiger partial charge in [0, 0.05) is 0 Å². The third-order valence-electron chi connectivity index (χ3n) is 2.45. The Labute approximate surface area is 108 Å². The Morgan fingerprint density at radius 3 is 2.44 bits per heavy atom. The van der Waals surface area contributed by atoms with E-state index in [1.807, 2.05) is 24.3 Å². The van der Waals surface area contributed by atoms with Gasteiger partial charge >= 0.3 is 0 Å². The van der Waals surface area contributed by atoms with Crippen molar-refractivity contribution in [3.05, 3.63) is 65.8 Å². The van der Waals surface area contributed by atoms with Gasteiger partial charge in [0.15, 0.2) is 0 Å². The normalized spacial score (nSPS) is 18.8. The van der Waals surface area contributed by atoms with Crippen molar-refractivity contribution in [2.75, 3.05) is 0 Å². The van der Waals surface area contributed by atoms with Gasteiger partial charge in [0.2, 0.25) is 0 Å². The molecular weight excluding hydrogens is 232 g/mol. The minimum atomic E-state index is -0.288. The van der Waals surface area contributed by atoms with E-state index in [1.165, 1.54) is 11.1 Å². The molecule has 0 nitrogen and oxygen atoms in total. The molecule has 0 spiro atoms. The quantitative estimate of drug-likeness (QED) is 0.568. The van der Waals surface area contributed by atoms with Crippen LogP contribution in [0.4, 0.5) is 0 Å². The van der Waals surface area contributed by atoms with E-state index in [9.17, 15) is 0 Å². The van der Waals surface area contributed by atoms with Crippen LogP contribution in [0.1, 0.15) is 12.0 Å². The van der Waals surface area contributed by atoms with Crippen molar-refractivity contribution in [1.82, 2.24) is 0 Å². The molecule has 0 amide bonds. The van der Waals surface area contributed by atoms with Gasteiger partial charge in [0.1, 0.15) is 0 Å². The maximum Gasteiger partial charge on any atom is 0.0770 e. The summed E-state index contributed by atoms with van der Waals surface area (Å²) < 4.78 is -0.288. The van der Waals surface area contributed by atoms with E-state index in [-0.39, 0.29) is 4.08 Å². The first-order valence-electron chi connectivity index (χ1n) is 5.23. The van der Waals surface area contributed by atoms with Crippen molar-refractivity contribution in [1.29, 1.82) is 0 Å². The second kappa shape index (κ2) is 4.98. The molecule has 0 unspecified atom stereocenters. The molecule has 1 aliphatic carbocycles. The van der Waals surface area contributed by atoms with Crippen LogP contribution >= 0.6 is 25.3 Å². The molecule has 0 fully saturated rings. The number of rotatable bonds is 2. The lowest BCUT2D eigenvalue weighted by atomic mass is 10.0. The molecule has 1 aliphatic rings. The van der Waals surface area contributed by atoms with Crippen molar-refractivity contribution >= 4 is 31.3 Å². The minimum Gasteiger partial charge on any atom is -0.157 e. The van der Waals surface area contributed by atoms with Crippen LogP contribution < -0.4 is 0 Å². The molecule has 0 N–H and O–H groups in total. The summed E-state index contributed by atoms with van der Waals surface area (Å²) >= 11 is 8.81. The minimum absolute atomic E-state index is 0.288. The molecule has 0 aromatic heterocycles. The van der Waals surface area contributed by atoms with E-state index in [4.69, 9.17) is 0 Å². The number of allylic oxidation sites excluding steroid dienone is 4. The monoisotopic (exact) mass is 246 g/mol. The van der Waals surface area contributed by atoms with Crippen LogP contribution in [0.15, 0.2) is 60.2 Å². The second-order valence-corrected chi connectivity index (χ2v) is 5.81. The standard InChI is InChI=1S/C14H14S2/c15-14(16)10-8-13(9-11-14)7-6-12-4-2-1-3-5-12/h1-10,15-16H,11H2. The average Bonchev–Trinajstić information content (AvgIpc) is 2.29.